The lowest BCUT2D eigenvalue weighted by Crippen LogP contribution is -2.19. The molecular formula is C18H20F3NO. The van der Waals surface area contributed by atoms with Crippen LogP contribution in [-0.4, -0.2) is 12.8 Å². The largest absolute Gasteiger partial charge is 0.484 e. The van der Waals surface area contributed by atoms with Crippen LogP contribution in [0.4, 0.5) is 18.9 Å². The Morgan fingerprint density at radius 2 is 1.52 bits per heavy atom. The van der Waals surface area contributed by atoms with Gasteiger partial charge in [-0.1, -0.05) is 45.0 Å². The molecule has 0 spiro atoms. The topological polar surface area (TPSA) is 35.2 Å². The van der Waals surface area contributed by atoms with Crippen molar-refractivity contribution in [2.75, 3.05) is 12.3 Å². The summed E-state index contributed by atoms with van der Waals surface area (Å²) in [5.74, 6) is 0.109. The zero-order valence-electron chi connectivity index (χ0n) is 13.4. The second kappa shape index (κ2) is 6.14. The minimum absolute atomic E-state index is 0.0369. The highest BCUT2D eigenvalue weighted by atomic mass is 19.4. The highest BCUT2D eigenvalue weighted by molar-refractivity contribution is 5.70. The molecule has 0 unspecified atom stereocenters. The summed E-state index contributed by atoms with van der Waals surface area (Å²) in [4.78, 5) is 0. The van der Waals surface area contributed by atoms with Crippen molar-refractivity contribution in [1.29, 1.82) is 0 Å². The predicted molar refractivity (Wildman–Crippen MR) is 86.5 cm³/mol. The summed E-state index contributed by atoms with van der Waals surface area (Å²) in [5.41, 5.74) is 8.95. The Bertz CT molecular complexity index is 670. The van der Waals surface area contributed by atoms with Gasteiger partial charge in [-0.15, -0.1) is 0 Å². The Morgan fingerprint density at radius 3 is 2.04 bits per heavy atom. The van der Waals surface area contributed by atoms with Crippen LogP contribution < -0.4 is 10.5 Å². The van der Waals surface area contributed by atoms with E-state index in [1.807, 2.05) is 24.3 Å². The van der Waals surface area contributed by atoms with Crippen molar-refractivity contribution in [3.63, 3.8) is 0 Å². The van der Waals surface area contributed by atoms with E-state index in [1.165, 1.54) is 11.6 Å². The van der Waals surface area contributed by atoms with Crippen LogP contribution in [0.2, 0.25) is 0 Å². The molecule has 0 heterocycles. The van der Waals surface area contributed by atoms with Gasteiger partial charge in [-0.3, -0.25) is 0 Å². The van der Waals surface area contributed by atoms with Gasteiger partial charge in [-0.05, 0) is 34.2 Å². The molecule has 2 N–H and O–H groups in total. The van der Waals surface area contributed by atoms with Crippen molar-refractivity contribution >= 4 is 5.69 Å². The fourth-order valence-electron chi connectivity index (χ4n) is 2.20. The van der Waals surface area contributed by atoms with E-state index in [4.69, 9.17) is 10.5 Å². The summed E-state index contributed by atoms with van der Waals surface area (Å²) >= 11 is 0. The van der Waals surface area contributed by atoms with E-state index in [0.29, 0.717) is 5.69 Å². The Morgan fingerprint density at radius 1 is 0.913 bits per heavy atom. The van der Waals surface area contributed by atoms with Crippen molar-refractivity contribution in [1.82, 2.24) is 0 Å². The summed E-state index contributed by atoms with van der Waals surface area (Å²) in [6.07, 6.45) is -4.38. The first-order chi connectivity index (χ1) is 10.5. The highest BCUT2D eigenvalue weighted by Crippen LogP contribution is 2.30. The van der Waals surface area contributed by atoms with Gasteiger partial charge >= 0.3 is 6.18 Å². The minimum Gasteiger partial charge on any atom is -0.484 e. The molecule has 0 amide bonds. The summed E-state index contributed by atoms with van der Waals surface area (Å²) < 4.78 is 41.6. The molecule has 2 aromatic rings. The van der Waals surface area contributed by atoms with Crippen LogP contribution in [-0.2, 0) is 5.41 Å². The van der Waals surface area contributed by atoms with E-state index >= 15 is 0 Å². The molecule has 23 heavy (non-hydrogen) atoms. The van der Waals surface area contributed by atoms with Crippen molar-refractivity contribution in [3.05, 3.63) is 48.0 Å². The fourth-order valence-corrected chi connectivity index (χ4v) is 2.20. The number of benzene rings is 2. The summed E-state index contributed by atoms with van der Waals surface area (Å²) in [6.45, 7) is 5.02. The Balaban J connectivity index is 2.27. The highest BCUT2D eigenvalue weighted by Gasteiger charge is 2.28. The van der Waals surface area contributed by atoms with Crippen LogP contribution in [0.25, 0.3) is 11.1 Å². The van der Waals surface area contributed by atoms with E-state index in [1.54, 1.807) is 12.1 Å². The molecule has 124 valence electrons. The first-order valence-corrected chi connectivity index (χ1v) is 7.26. The summed E-state index contributed by atoms with van der Waals surface area (Å²) in [5, 5.41) is 0. The lowest BCUT2D eigenvalue weighted by atomic mass is 9.86. The third-order valence-electron chi connectivity index (χ3n) is 3.42. The van der Waals surface area contributed by atoms with Crippen LogP contribution in [0.3, 0.4) is 0 Å². The zero-order valence-corrected chi connectivity index (χ0v) is 13.4. The maximum atomic E-state index is 12.3. The predicted octanol–water partition coefficient (Wildman–Crippen LogP) is 5.17. The smallest absolute Gasteiger partial charge is 0.422 e. The van der Waals surface area contributed by atoms with E-state index in [-0.39, 0.29) is 11.2 Å². The minimum atomic E-state index is -4.38. The second-order valence-electron chi connectivity index (χ2n) is 6.52. The van der Waals surface area contributed by atoms with Crippen molar-refractivity contribution in [2.45, 2.75) is 32.4 Å². The number of halogens is 3. The first-order valence-electron chi connectivity index (χ1n) is 7.26. The molecule has 0 saturated carbocycles. The molecular weight excluding hydrogens is 303 g/mol. The standard InChI is InChI=1S/C18H20F3NO/c1-17(2,3)14-6-4-12(5-7-14)13-8-15(22)10-16(9-13)23-11-18(19,20)21/h4-10H,11,22H2,1-3H3. The van der Waals surface area contributed by atoms with Gasteiger partial charge in [0.15, 0.2) is 6.61 Å². The van der Waals surface area contributed by atoms with Gasteiger partial charge in [-0.2, -0.15) is 13.2 Å². The van der Waals surface area contributed by atoms with Crippen LogP contribution >= 0.6 is 0 Å². The third kappa shape index (κ3) is 4.91. The Hall–Kier alpha value is -2.17. The van der Waals surface area contributed by atoms with E-state index in [9.17, 15) is 13.2 Å². The molecule has 0 radical (unpaired) electrons. The number of hydrogen-bond acceptors (Lipinski definition) is 2. The summed E-state index contributed by atoms with van der Waals surface area (Å²) in [6, 6.07) is 12.6. The van der Waals surface area contributed by atoms with Crippen LogP contribution in [0, 0.1) is 0 Å². The SMILES string of the molecule is CC(C)(C)c1ccc(-c2cc(N)cc(OCC(F)(F)F)c2)cc1. The van der Waals surface area contributed by atoms with Gasteiger partial charge in [-0.25, -0.2) is 0 Å². The third-order valence-corrected chi connectivity index (χ3v) is 3.42. The maximum Gasteiger partial charge on any atom is 0.422 e. The number of nitrogens with two attached hydrogens (primary N) is 1. The molecule has 0 aromatic heterocycles. The van der Waals surface area contributed by atoms with Crippen LogP contribution in [0.15, 0.2) is 42.5 Å². The average Bonchev–Trinajstić information content (AvgIpc) is 2.43. The van der Waals surface area contributed by atoms with Gasteiger partial charge in [0.1, 0.15) is 5.75 Å². The number of ether oxygens (including phenoxy) is 1. The molecule has 2 nitrogen and oxygen atoms in total. The first kappa shape index (κ1) is 17.2. The van der Waals surface area contributed by atoms with E-state index < -0.39 is 12.8 Å². The quantitative estimate of drug-likeness (QED) is 0.790. The molecule has 0 aliphatic heterocycles. The van der Waals surface area contributed by atoms with Gasteiger partial charge in [0.2, 0.25) is 0 Å². The zero-order chi connectivity index (χ0) is 17.3. The van der Waals surface area contributed by atoms with Gasteiger partial charge in [0, 0.05) is 11.8 Å². The van der Waals surface area contributed by atoms with Crippen molar-refractivity contribution in [2.24, 2.45) is 0 Å². The number of hydrogen-bond donors (Lipinski definition) is 1. The van der Waals surface area contributed by atoms with Crippen molar-refractivity contribution < 1.29 is 17.9 Å². The van der Waals surface area contributed by atoms with Gasteiger partial charge in [0.05, 0.1) is 0 Å². The molecule has 0 bridgehead atoms. The van der Waals surface area contributed by atoms with Gasteiger partial charge < -0.3 is 10.5 Å². The molecule has 0 aliphatic rings. The van der Waals surface area contributed by atoms with E-state index in [0.717, 1.165) is 11.1 Å². The molecule has 5 heteroatoms. The Labute approximate surface area is 134 Å². The monoisotopic (exact) mass is 323 g/mol. The normalized spacial score (nSPS) is 12.3. The second-order valence-corrected chi connectivity index (χ2v) is 6.52. The van der Waals surface area contributed by atoms with E-state index in [2.05, 4.69) is 20.8 Å². The molecule has 0 aliphatic carbocycles. The number of alkyl halides is 3. The summed E-state index contributed by atoms with van der Waals surface area (Å²) in [7, 11) is 0. The fraction of sp³-hybridized carbons (Fsp3) is 0.333. The Kier molecular flexibility index (Phi) is 4.59. The lowest BCUT2D eigenvalue weighted by molar-refractivity contribution is -0.153. The van der Waals surface area contributed by atoms with Gasteiger partial charge in [0.25, 0.3) is 0 Å². The maximum absolute atomic E-state index is 12.3. The number of anilines is 1. The molecule has 0 saturated heterocycles. The average molecular weight is 323 g/mol. The van der Waals surface area contributed by atoms with Crippen LogP contribution in [0.5, 0.6) is 5.75 Å². The number of nitrogen functional groups attached to an aromatic ring is 1. The molecule has 2 rings (SSSR count). The van der Waals surface area contributed by atoms with Crippen molar-refractivity contribution in [3.8, 4) is 16.9 Å². The van der Waals surface area contributed by atoms with Crippen LogP contribution in [0.1, 0.15) is 26.3 Å². The molecule has 0 atom stereocenters. The lowest BCUT2D eigenvalue weighted by Gasteiger charge is -2.19. The number of rotatable bonds is 3. The molecule has 2 aromatic carbocycles. The molecule has 0 fully saturated rings.